The molecule has 0 amide bonds. The number of aliphatic hydroxyl groups excluding tert-OH is 6. The van der Waals surface area contributed by atoms with E-state index in [0.29, 0.717) is 12.8 Å². The summed E-state index contributed by atoms with van der Waals surface area (Å²) in [7, 11) is 0. The number of guanidine groups is 1. The lowest BCUT2D eigenvalue weighted by Crippen LogP contribution is -2.69. The third-order valence-corrected chi connectivity index (χ3v) is 7.74. The smallest absolute Gasteiger partial charge is 0.186 e. The summed E-state index contributed by atoms with van der Waals surface area (Å²) in [6, 6.07) is -3.85. The topological polar surface area (TPSA) is 304 Å². The number of aliphatic imine (C=N–C) groups is 1. The van der Waals surface area contributed by atoms with Crippen LogP contribution >= 0.6 is 0 Å². The molecular formula is C22H45N7O9. The maximum absolute atomic E-state index is 11.7. The van der Waals surface area contributed by atoms with Crippen LogP contribution in [0.1, 0.15) is 19.3 Å². The SMILES string of the molecule is NCC1CCC(N=C(N)N)C(C2C(N)CC(NC(CO)CO)C(OC3OC(CO)C(O)C(N)C3O)C2O)O1. The first-order valence-electron chi connectivity index (χ1n) is 12.9. The van der Waals surface area contributed by atoms with Gasteiger partial charge in [0.2, 0.25) is 0 Å². The normalized spacial score (nSPS) is 44.2. The van der Waals surface area contributed by atoms with E-state index < -0.39 is 98.9 Å². The van der Waals surface area contributed by atoms with E-state index in [-0.39, 0.29) is 25.0 Å². The lowest BCUT2D eigenvalue weighted by Gasteiger charge is -2.51. The molecule has 17 N–H and O–H groups in total. The Hall–Kier alpha value is -1.25. The van der Waals surface area contributed by atoms with Crippen LogP contribution in [0.5, 0.6) is 0 Å². The van der Waals surface area contributed by atoms with Crippen LogP contribution in [-0.4, -0.2) is 142 Å². The van der Waals surface area contributed by atoms with E-state index in [1.54, 1.807) is 0 Å². The number of rotatable bonds is 10. The molecule has 0 aromatic carbocycles. The number of aliphatic hydroxyl groups is 6. The van der Waals surface area contributed by atoms with Crippen molar-refractivity contribution in [3.8, 4) is 0 Å². The highest BCUT2D eigenvalue weighted by Crippen LogP contribution is 2.38. The first-order valence-corrected chi connectivity index (χ1v) is 12.9. The minimum atomic E-state index is -1.50. The van der Waals surface area contributed by atoms with Crippen LogP contribution in [0.3, 0.4) is 0 Å². The standard InChI is InChI=1S/C22H45N7O9/c23-4-9-1-2-11(29-22(26)27)19(36-9)14-10(24)3-12(28-8(5-30)6-31)20(17(14)34)38-21-18(35)15(25)16(33)13(7-32)37-21/h8-21,28,30-35H,1-7,23-25H2,(H4,26,27,29). The van der Waals surface area contributed by atoms with Crippen molar-refractivity contribution in [3.63, 3.8) is 0 Å². The second kappa shape index (κ2) is 13.9. The Bertz CT molecular complexity index is 761. The summed E-state index contributed by atoms with van der Waals surface area (Å²) in [6.45, 7) is -1.15. The third-order valence-electron chi connectivity index (χ3n) is 7.74. The monoisotopic (exact) mass is 551 g/mol. The van der Waals surface area contributed by atoms with Crippen molar-refractivity contribution in [3.05, 3.63) is 0 Å². The summed E-state index contributed by atoms with van der Waals surface area (Å²) >= 11 is 0. The molecule has 0 radical (unpaired) electrons. The zero-order valence-corrected chi connectivity index (χ0v) is 21.3. The molecule has 13 atom stereocenters. The van der Waals surface area contributed by atoms with Gasteiger partial charge in [0, 0.05) is 24.5 Å². The fraction of sp³-hybridized carbons (Fsp3) is 0.955. The number of hydrogen-bond acceptors (Lipinski definition) is 14. The van der Waals surface area contributed by atoms with Crippen molar-refractivity contribution < 1.29 is 44.8 Å². The van der Waals surface area contributed by atoms with Crippen LogP contribution in [0.25, 0.3) is 0 Å². The number of nitrogens with two attached hydrogens (primary N) is 5. The van der Waals surface area contributed by atoms with Gasteiger partial charge in [-0.3, -0.25) is 0 Å². The number of ether oxygens (including phenoxy) is 3. The maximum Gasteiger partial charge on any atom is 0.186 e. The quantitative estimate of drug-likeness (QED) is 0.0886. The second-order valence-electron chi connectivity index (χ2n) is 10.3. The van der Waals surface area contributed by atoms with E-state index in [4.69, 9.17) is 42.9 Å². The summed E-state index contributed by atoms with van der Waals surface area (Å²) in [5.41, 5.74) is 29.7. The number of nitrogens with one attached hydrogen (secondary N) is 1. The summed E-state index contributed by atoms with van der Waals surface area (Å²) in [6.07, 6.45) is -7.55. The molecule has 2 heterocycles. The van der Waals surface area contributed by atoms with Crippen LogP contribution in [0.4, 0.5) is 0 Å². The van der Waals surface area contributed by atoms with E-state index in [0.717, 1.165) is 0 Å². The van der Waals surface area contributed by atoms with Crippen molar-refractivity contribution in [1.29, 1.82) is 0 Å². The molecule has 0 bridgehead atoms. The van der Waals surface area contributed by atoms with Gasteiger partial charge in [-0.05, 0) is 19.3 Å². The molecule has 3 rings (SSSR count). The van der Waals surface area contributed by atoms with Gasteiger partial charge in [0.25, 0.3) is 0 Å². The Balaban J connectivity index is 1.93. The van der Waals surface area contributed by atoms with E-state index in [1.165, 1.54) is 0 Å². The highest BCUT2D eigenvalue weighted by molar-refractivity contribution is 5.75. The Kier molecular flexibility index (Phi) is 11.4. The largest absolute Gasteiger partial charge is 0.395 e. The van der Waals surface area contributed by atoms with E-state index >= 15 is 0 Å². The maximum atomic E-state index is 11.7. The van der Waals surface area contributed by atoms with Gasteiger partial charge in [0.05, 0.1) is 56.3 Å². The van der Waals surface area contributed by atoms with Gasteiger partial charge in [-0.2, -0.15) is 0 Å². The first-order chi connectivity index (χ1) is 18.1. The minimum Gasteiger partial charge on any atom is -0.395 e. The molecule has 16 heteroatoms. The lowest BCUT2D eigenvalue weighted by molar-refractivity contribution is -0.306. The van der Waals surface area contributed by atoms with E-state index in [2.05, 4.69) is 10.3 Å². The van der Waals surface area contributed by atoms with Crippen LogP contribution < -0.4 is 34.0 Å². The summed E-state index contributed by atoms with van der Waals surface area (Å²) in [5.74, 6) is -0.896. The molecular weight excluding hydrogens is 506 g/mol. The summed E-state index contributed by atoms with van der Waals surface area (Å²) in [5, 5.41) is 64.5. The summed E-state index contributed by atoms with van der Waals surface area (Å²) in [4.78, 5) is 4.30. The van der Waals surface area contributed by atoms with Crippen LogP contribution in [-0.2, 0) is 14.2 Å². The molecule has 38 heavy (non-hydrogen) atoms. The molecule has 0 aromatic rings. The van der Waals surface area contributed by atoms with E-state index in [9.17, 15) is 30.6 Å². The molecule has 222 valence electrons. The molecule has 0 aromatic heterocycles. The average molecular weight is 552 g/mol. The van der Waals surface area contributed by atoms with Crippen molar-refractivity contribution in [1.82, 2.24) is 5.32 Å². The molecule has 0 spiro atoms. The van der Waals surface area contributed by atoms with Crippen molar-refractivity contribution in [2.24, 2.45) is 39.6 Å². The van der Waals surface area contributed by atoms with Gasteiger partial charge in [0.1, 0.15) is 24.4 Å². The lowest BCUT2D eigenvalue weighted by atomic mass is 9.72. The predicted molar refractivity (Wildman–Crippen MR) is 134 cm³/mol. The second-order valence-corrected chi connectivity index (χ2v) is 10.3. The highest BCUT2D eigenvalue weighted by atomic mass is 16.7. The molecule has 13 unspecified atom stereocenters. The van der Waals surface area contributed by atoms with Gasteiger partial charge < -0.3 is 78.8 Å². The Labute approximate surface area is 221 Å². The number of hydrogen-bond donors (Lipinski definition) is 12. The Morgan fingerprint density at radius 1 is 1.00 bits per heavy atom. The average Bonchev–Trinajstić information content (AvgIpc) is 2.89. The van der Waals surface area contributed by atoms with E-state index in [1.807, 2.05) is 0 Å². The van der Waals surface area contributed by atoms with Crippen LogP contribution in [0.2, 0.25) is 0 Å². The fourth-order valence-corrected chi connectivity index (χ4v) is 5.67. The van der Waals surface area contributed by atoms with Gasteiger partial charge in [0.15, 0.2) is 12.2 Å². The Morgan fingerprint density at radius 3 is 2.26 bits per heavy atom. The minimum absolute atomic E-state index is 0.143. The van der Waals surface area contributed by atoms with Gasteiger partial charge in [-0.25, -0.2) is 4.99 Å². The number of nitrogens with zero attached hydrogens (tertiary/aromatic N) is 1. The zero-order valence-electron chi connectivity index (χ0n) is 21.3. The van der Waals surface area contributed by atoms with Crippen LogP contribution in [0, 0.1) is 5.92 Å². The summed E-state index contributed by atoms with van der Waals surface area (Å²) < 4.78 is 17.9. The third kappa shape index (κ3) is 6.90. The molecule has 1 aliphatic carbocycles. The molecule has 3 fully saturated rings. The molecule has 3 aliphatic rings. The zero-order chi connectivity index (χ0) is 28.1. The van der Waals surface area contributed by atoms with Crippen LogP contribution in [0.15, 0.2) is 4.99 Å². The van der Waals surface area contributed by atoms with Crippen molar-refractivity contribution in [2.75, 3.05) is 26.4 Å². The highest BCUT2D eigenvalue weighted by Gasteiger charge is 2.53. The van der Waals surface area contributed by atoms with Gasteiger partial charge >= 0.3 is 0 Å². The fourth-order valence-electron chi connectivity index (χ4n) is 5.67. The van der Waals surface area contributed by atoms with Gasteiger partial charge in [-0.1, -0.05) is 0 Å². The first kappa shape index (κ1) is 31.3. The molecule has 16 nitrogen and oxygen atoms in total. The van der Waals surface area contributed by atoms with Crippen molar-refractivity contribution in [2.45, 2.75) is 98.5 Å². The Morgan fingerprint density at radius 2 is 1.68 bits per heavy atom. The predicted octanol–water partition coefficient (Wildman–Crippen LogP) is -6.69. The molecule has 2 aliphatic heterocycles. The molecule has 1 saturated carbocycles. The van der Waals surface area contributed by atoms with Gasteiger partial charge in [-0.15, -0.1) is 0 Å². The molecule has 2 saturated heterocycles. The van der Waals surface area contributed by atoms with Crippen molar-refractivity contribution >= 4 is 5.96 Å².